The van der Waals surface area contributed by atoms with Crippen molar-refractivity contribution in [3.8, 4) is 0 Å². The predicted octanol–water partition coefficient (Wildman–Crippen LogP) is 3.70. The molecule has 3 saturated heterocycles. The molecule has 102 valence electrons. The third-order valence-corrected chi connectivity index (χ3v) is 4.23. The first-order valence-electron chi connectivity index (χ1n) is 12.7. The molecule has 3 aliphatic heterocycles. The minimum atomic E-state index is -2.36. The summed E-state index contributed by atoms with van der Waals surface area (Å²) < 4.78 is 101. The molecule has 2 aromatic carbocycles. The molecule has 20 heavy (non-hydrogen) atoms. The van der Waals surface area contributed by atoms with Crippen molar-refractivity contribution in [2.45, 2.75) is 18.3 Å². The summed E-state index contributed by atoms with van der Waals surface area (Å²) in [6.45, 7) is -1.65. The molecule has 2 aromatic rings. The predicted molar refractivity (Wildman–Crippen MR) is 82.8 cm³/mol. The summed E-state index contributed by atoms with van der Waals surface area (Å²) in [6, 6.07) is -6.38. The number of benzene rings is 2. The first-order valence-corrected chi connectivity index (χ1v) is 6.71. The summed E-state index contributed by atoms with van der Waals surface area (Å²) in [4.78, 5) is 1.48. The SMILES string of the molecule is [2H]c1c([2H])c([2H])c(C2(c3c([2H])c([2H])c([2H])c([2H])c3[2H])C3CCN(CC3)C2([2H])[2H])c([2H])c1[2H]. The molecule has 0 aliphatic carbocycles. The van der Waals surface area contributed by atoms with Gasteiger partial charge in [-0.3, -0.25) is 0 Å². The lowest BCUT2D eigenvalue weighted by Gasteiger charge is -2.54. The summed E-state index contributed by atoms with van der Waals surface area (Å²) in [5.41, 5.74) is -2.77. The van der Waals surface area contributed by atoms with Crippen LogP contribution in [0, 0.1) is 5.92 Å². The number of piperidine rings is 3. The second-order valence-electron chi connectivity index (χ2n) is 5.18. The lowest BCUT2D eigenvalue weighted by atomic mass is 9.59. The Morgan fingerprint density at radius 2 is 1.40 bits per heavy atom. The highest BCUT2D eigenvalue weighted by Crippen LogP contribution is 2.48. The van der Waals surface area contributed by atoms with E-state index in [2.05, 4.69) is 0 Å². The second kappa shape index (κ2) is 4.75. The zero-order valence-corrected chi connectivity index (χ0v) is 10.9. The molecule has 0 unspecified atom stereocenters. The smallest absolute Gasteiger partial charge is 0.0626 e. The van der Waals surface area contributed by atoms with Crippen molar-refractivity contribution in [3.63, 3.8) is 0 Å². The van der Waals surface area contributed by atoms with E-state index < -0.39 is 78.3 Å². The summed E-state index contributed by atoms with van der Waals surface area (Å²) in [5.74, 6) is -0.630. The fraction of sp³-hybridized carbons (Fsp3) is 0.368. The molecular weight excluding hydrogens is 242 g/mol. The van der Waals surface area contributed by atoms with Crippen LogP contribution in [0.25, 0.3) is 0 Å². The van der Waals surface area contributed by atoms with Crippen LogP contribution < -0.4 is 0 Å². The molecule has 0 spiro atoms. The Labute approximate surface area is 138 Å². The van der Waals surface area contributed by atoms with Crippen LogP contribution in [-0.4, -0.2) is 24.5 Å². The largest absolute Gasteiger partial charge is 0.302 e. The van der Waals surface area contributed by atoms with E-state index >= 15 is 0 Å². The molecule has 0 atom stereocenters. The quantitative estimate of drug-likeness (QED) is 0.808. The van der Waals surface area contributed by atoms with Crippen molar-refractivity contribution in [1.82, 2.24) is 4.90 Å². The van der Waals surface area contributed by atoms with Gasteiger partial charge in [-0.15, -0.1) is 0 Å². The summed E-state index contributed by atoms with van der Waals surface area (Å²) in [6.07, 6.45) is 0.785. The number of fused-ring (bicyclic) bond motifs is 3. The molecule has 0 N–H and O–H groups in total. The van der Waals surface area contributed by atoms with Gasteiger partial charge in [0.05, 0.1) is 13.7 Å². The summed E-state index contributed by atoms with van der Waals surface area (Å²) in [5, 5.41) is 0. The Balaban J connectivity index is 2.28. The molecule has 2 bridgehead atoms. The van der Waals surface area contributed by atoms with Crippen molar-refractivity contribution in [3.05, 3.63) is 71.6 Å². The molecule has 3 fully saturated rings. The van der Waals surface area contributed by atoms with Gasteiger partial charge in [-0.05, 0) is 43.0 Å². The first kappa shape index (κ1) is 4.99. The Bertz CT molecular complexity index is 1010. The van der Waals surface area contributed by atoms with Gasteiger partial charge in [0.1, 0.15) is 0 Å². The summed E-state index contributed by atoms with van der Waals surface area (Å²) in [7, 11) is 0. The van der Waals surface area contributed by atoms with Crippen molar-refractivity contribution in [2.75, 3.05) is 19.6 Å². The van der Waals surface area contributed by atoms with E-state index in [1.165, 1.54) is 4.90 Å². The van der Waals surface area contributed by atoms with Crippen LogP contribution in [0.2, 0.25) is 0 Å². The lowest BCUT2D eigenvalue weighted by molar-refractivity contribution is 0.0451. The zero-order valence-electron chi connectivity index (χ0n) is 22.9. The monoisotopic (exact) mass is 275 g/mol. The molecule has 1 nitrogen and oxygen atoms in total. The average Bonchev–Trinajstić information content (AvgIpc) is 2.77. The minimum absolute atomic E-state index is 0.358. The van der Waals surface area contributed by atoms with Gasteiger partial charge in [-0.25, -0.2) is 0 Å². The van der Waals surface area contributed by atoms with Gasteiger partial charge in [-0.1, -0.05) is 60.4 Å². The maximum atomic E-state index is 9.09. The van der Waals surface area contributed by atoms with E-state index in [1.54, 1.807) is 0 Å². The zero-order chi connectivity index (χ0) is 23.9. The van der Waals surface area contributed by atoms with Gasteiger partial charge in [0.15, 0.2) is 0 Å². The van der Waals surface area contributed by atoms with Gasteiger partial charge >= 0.3 is 0 Å². The molecule has 0 radical (unpaired) electrons. The maximum Gasteiger partial charge on any atom is 0.0626 e. The van der Waals surface area contributed by atoms with E-state index in [0.29, 0.717) is 25.9 Å². The highest BCUT2D eigenvalue weighted by atomic mass is 15.2. The number of rotatable bonds is 2. The second-order valence-corrected chi connectivity index (χ2v) is 5.18. The Morgan fingerprint density at radius 3 is 1.85 bits per heavy atom. The van der Waals surface area contributed by atoms with Crippen LogP contribution in [-0.2, 0) is 5.41 Å². The van der Waals surface area contributed by atoms with Gasteiger partial charge in [0.2, 0.25) is 0 Å². The van der Waals surface area contributed by atoms with E-state index in [-0.39, 0.29) is 11.1 Å². The molecule has 0 amide bonds. The van der Waals surface area contributed by atoms with Gasteiger partial charge < -0.3 is 4.90 Å². The molecule has 0 aromatic heterocycles. The van der Waals surface area contributed by atoms with E-state index in [9.17, 15) is 0 Å². The van der Waals surface area contributed by atoms with Crippen LogP contribution in [0.15, 0.2) is 60.4 Å². The average molecular weight is 275 g/mol. The van der Waals surface area contributed by atoms with E-state index in [4.69, 9.17) is 16.4 Å². The molecule has 3 heterocycles. The first-order chi connectivity index (χ1) is 14.8. The molecule has 5 rings (SSSR count). The third-order valence-electron chi connectivity index (χ3n) is 4.23. The van der Waals surface area contributed by atoms with Crippen molar-refractivity contribution in [2.24, 2.45) is 5.92 Å². The summed E-state index contributed by atoms with van der Waals surface area (Å²) >= 11 is 0. The van der Waals surface area contributed by atoms with Crippen LogP contribution in [0.5, 0.6) is 0 Å². The number of hydrogen-bond acceptors (Lipinski definition) is 1. The van der Waals surface area contributed by atoms with Crippen molar-refractivity contribution in [1.29, 1.82) is 0 Å². The normalized spacial score (nSPS) is 38.4. The van der Waals surface area contributed by atoms with Crippen molar-refractivity contribution >= 4 is 0 Å². The number of hydrogen-bond donors (Lipinski definition) is 0. The Kier molecular flexibility index (Phi) is 1.19. The number of nitrogens with zero attached hydrogens (tertiary/aromatic N) is 1. The van der Waals surface area contributed by atoms with Crippen LogP contribution in [0.3, 0.4) is 0 Å². The van der Waals surface area contributed by atoms with Gasteiger partial charge in [0, 0.05) is 14.7 Å². The highest BCUT2D eigenvalue weighted by Gasteiger charge is 2.48. The van der Waals surface area contributed by atoms with Crippen LogP contribution in [0.4, 0.5) is 0 Å². The standard InChI is InChI=1S/C19H21N/c1-3-7-16(8-4-1)19(17-9-5-2-6-10-17)15-20-13-11-18(19)12-14-20/h1-10,18H,11-15H2/i1D,2D,3D,4D,5D,6D,7D,8D,9D,10D,15D2. The Hall–Kier alpha value is -1.60. The van der Waals surface area contributed by atoms with E-state index in [0.717, 1.165) is 0 Å². The van der Waals surface area contributed by atoms with E-state index in [1.807, 2.05) is 0 Å². The fourth-order valence-electron chi connectivity index (χ4n) is 3.30. The third kappa shape index (κ3) is 1.73. The van der Waals surface area contributed by atoms with Crippen LogP contribution in [0.1, 0.15) is 40.4 Å². The maximum absolute atomic E-state index is 9.09. The van der Waals surface area contributed by atoms with Gasteiger partial charge in [-0.2, -0.15) is 0 Å². The molecular formula is C19H21N. The lowest BCUT2D eigenvalue weighted by Crippen LogP contribution is -2.57. The topological polar surface area (TPSA) is 3.24 Å². The Morgan fingerprint density at radius 1 is 0.900 bits per heavy atom. The fourth-order valence-corrected chi connectivity index (χ4v) is 3.30. The molecule has 1 heteroatoms. The van der Waals surface area contributed by atoms with Crippen molar-refractivity contribution < 1.29 is 16.4 Å². The van der Waals surface area contributed by atoms with Gasteiger partial charge in [0.25, 0.3) is 0 Å². The minimum Gasteiger partial charge on any atom is -0.302 e. The van der Waals surface area contributed by atoms with Crippen LogP contribution >= 0.6 is 0 Å². The highest BCUT2D eigenvalue weighted by molar-refractivity contribution is 5.42. The molecule has 3 aliphatic rings. The molecule has 0 saturated carbocycles.